The van der Waals surface area contributed by atoms with Crippen LogP contribution in [0.2, 0.25) is 0 Å². The number of rotatable bonds is 2. The summed E-state index contributed by atoms with van der Waals surface area (Å²) < 4.78 is 5.27. The molecule has 0 saturated carbocycles. The second kappa shape index (κ2) is 3.93. The highest BCUT2D eigenvalue weighted by Crippen LogP contribution is 2.29. The first-order valence-electron chi connectivity index (χ1n) is 5.20. The lowest BCUT2D eigenvalue weighted by atomic mass is 9.94. The number of alkyl carbamates (subject to hydrolysis) is 1. The summed E-state index contributed by atoms with van der Waals surface area (Å²) >= 11 is 0. The van der Waals surface area contributed by atoms with Crippen molar-refractivity contribution in [1.82, 2.24) is 5.32 Å². The van der Waals surface area contributed by atoms with E-state index in [1.165, 1.54) is 0 Å². The van der Waals surface area contributed by atoms with Crippen molar-refractivity contribution in [3.8, 4) is 0 Å². The first kappa shape index (κ1) is 10.0. The average Bonchev–Trinajstić information content (AvgIpc) is 2.62. The maximum atomic E-state index is 11.2. The maximum absolute atomic E-state index is 11.2. The van der Waals surface area contributed by atoms with Gasteiger partial charge in [0.25, 0.3) is 0 Å². The smallest absolute Gasteiger partial charge is 0.408 e. The van der Waals surface area contributed by atoms with Crippen molar-refractivity contribution in [2.75, 3.05) is 0 Å². The Morgan fingerprint density at radius 1 is 1.27 bits per heavy atom. The predicted octanol–water partition coefficient (Wildman–Crippen LogP) is 2.49. The fourth-order valence-corrected chi connectivity index (χ4v) is 1.87. The van der Waals surface area contributed by atoms with Crippen LogP contribution in [0.1, 0.15) is 25.5 Å². The summed E-state index contributed by atoms with van der Waals surface area (Å²) in [7, 11) is 0. The van der Waals surface area contributed by atoms with Gasteiger partial charge in [0, 0.05) is 0 Å². The lowest BCUT2D eigenvalue weighted by Gasteiger charge is -2.20. The van der Waals surface area contributed by atoms with Gasteiger partial charge in [-0.3, -0.25) is 0 Å². The molecule has 0 bridgehead atoms. The Labute approximate surface area is 89.4 Å². The molecule has 2 atom stereocenters. The molecule has 2 rings (SSSR count). The van der Waals surface area contributed by atoms with Gasteiger partial charge in [-0.25, -0.2) is 4.79 Å². The number of hydrogen-bond acceptors (Lipinski definition) is 2. The van der Waals surface area contributed by atoms with Gasteiger partial charge in [0.15, 0.2) is 0 Å². The van der Waals surface area contributed by atoms with E-state index in [4.69, 9.17) is 4.74 Å². The normalized spacial score (nSPS) is 25.1. The quantitative estimate of drug-likeness (QED) is 0.805. The van der Waals surface area contributed by atoms with E-state index < -0.39 is 0 Å². The summed E-state index contributed by atoms with van der Waals surface area (Å²) in [5, 5.41) is 2.84. The SMILES string of the molecule is CC(C)[C@@H]1NC(=O)O[C@@H]1c1ccccc1. The lowest BCUT2D eigenvalue weighted by molar-refractivity contribution is 0.126. The molecule has 0 unspecified atom stereocenters. The number of amides is 1. The molecule has 1 saturated heterocycles. The van der Waals surface area contributed by atoms with Crippen molar-refractivity contribution in [2.45, 2.75) is 26.0 Å². The number of ether oxygens (including phenoxy) is 1. The van der Waals surface area contributed by atoms with Crippen molar-refractivity contribution in [3.05, 3.63) is 35.9 Å². The zero-order valence-electron chi connectivity index (χ0n) is 8.94. The van der Waals surface area contributed by atoms with Gasteiger partial charge in [-0.05, 0) is 11.5 Å². The second-order valence-electron chi connectivity index (χ2n) is 4.15. The van der Waals surface area contributed by atoms with Crippen molar-refractivity contribution in [3.63, 3.8) is 0 Å². The van der Waals surface area contributed by atoms with Gasteiger partial charge in [0.2, 0.25) is 0 Å². The molecular formula is C12H15NO2. The van der Waals surface area contributed by atoms with Crippen LogP contribution in [0.25, 0.3) is 0 Å². The minimum absolute atomic E-state index is 0.0694. The average molecular weight is 205 g/mol. The van der Waals surface area contributed by atoms with Crippen LogP contribution in [0.3, 0.4) is 0 Å². The standard InChI is InChI=1S/C12H15NO2/c1-8(2)10-11(15-12(14)13-10)9-6-4-3-5-7-9/h3-8,10-11H,1-2H3,(H,13,14)/t10-,11+/m0/s1. The zero-order valence-corrected chi connectivity index (χ0v) is 8.94. The van der Waals surface area contributed by atoms with E-state index in [9.17, 15) is 4.79 Å². The summed E-state index contributed by atoms with van der Waals surface area (Å²) in [6.45, 7) is 4.16. The molecule has 1 amide bonds. The van der Waals surface area contributed by atoms with Crippen LogP contribution in [0.5, 0.6) is 0 Å². The van der Waals surface area contributed by atoms with E-state index in [0.29, 0.717) is 5.92 Å². The Morgan fingerprint density at radius 3 is 2.53 bits per heavy atom. The third-order valence-corrected chi connectivity index (χ3v) is 2.69. The molecule has 1 aromatic carbocycles. The van der Waals surface area contributed by atoms with Crippen molar-refractivity contribution >= 4 is 6.09 Å². The Hall–Kier alpha value is -1.51. The highest BCUT2D eigenvalue weighted by atomic mass is 16.6. The van der Waals surface area contributed by atoms with Gasteiger partial charge >= 0.3 is 6.09 Å². The van der Waals surface area contributed by atoms with E-state index in [1.54, 1.807) is 0 Å². The van der Waals surface area contributed by atoms with Gasteiger partial charge in [-0.1, -0.05) is 44.2 Å². The third kappa shape index (κ3) is 1.96. The molecule has 3 nitrogen and oxygen atoms in total. The number of benzene rings is 1. The van der Waals surface area contributed by atoms with Crippen molar-refractivity contribution in [1.29, 1.82) is 0 Å². The Bertz CT molecular complexity index is 348. The molecule has 15 heavy (non-hydrogen) atoms. The largest absolute Gasteiger partial charge is 0.439 e. The fourth-order valence-electron chi connectivity index (χ4n) is 1.87. The molecule has 3 heteroatoms. The summed E-state index contributed by atoms with van der Waals surface area (Å²) in [6, 6.07) is 9.91. The maximum Gasteiger partial charge on any atom is 0.408 e. The Balaban J connectivity index is 2.24. The summed E-state index contributed by atoms with van der Waals surface area (Å²) in [5.41, 5.74) is 1.05. The van der Waals surface area contributed by atoms with Crippen LogP contribution in [-0.4, -0.2) is 12.1 Å². The molecule has 0 aliphatic carbocycles. The van der Waals surface area contributed by atoms with E-state index in [0.717, 1.165) is 5.56 Å². The topological polar surface area (TPSA) is 38.3 Å². The van der Waals surface area contributed by atoms with Crippen molar-refractivity contribution in [2.24, 2.45) is 5.92 Å². The van der Waals surface area contributed by atoms with Crippen LogP contribution in [-0.2, 0) is 4.74 Å². The molecule has 1 aromatic rings. The molecule has 1 aliphatic heterocycles. The van der Waals surface area contributed by atoms with E-state index in [-0.39, 0.29) is 18.2 Å². The highest BCUT2D eigenvalue weighted by molar-refractivity contribution is 5.70. The number of hydrogen-bond donors (Lipinski definition) is 1. The van der Waals surface area contributed by atoms with Crippen molar-refractivity contribution < 1.29 is 9.53 Å². The van der Waals surface area contributed by atoms with Crippen LogP contribution in [0.4, 0.5) is 4.79 Å². The Morgan fingerprint density at radius 2 is 1.93 bits per heavy atom. The van der Waals surface area contributed by atoms with Gasteiger partial charge in [0.05, 0.1) is 6.04 Å². The fraction of sp³-hybridized carbons (Fsp3) is 0.417. The van der Waals surface area contributed by atoms with Crippen LogP contribution < -0.4 is 5.32 Å². The van der Waals surface area contributed by atoms with Crippen LogP contribution in [0, 0.1) is 5.92 Å². The summed E-state index contributed by atoms with van der Waals surface area (Å²) in [5.74, 6) is 0.363. The number of cyclic esters (lactones) is 1. The van der Waals surface area contributed by atoms with Crippen LogP contribution >= 0.6 is 0 Å². The van der Waals surface area contributed by atoms with Gasteiger partial charge < -0.3 is 10.1 Å². The molecule has 1 N–H and O–H groups in total. The van der Waals surface area contributed by atoms with E-state index >= 15 is 0 Å². The zero-order chi connectivity index (χ0) is 10.8. The minimum atomic E-state index is -0.317. The highest BCUT2D eigenvalue weighted by Gasteiger charge is 2.36. The lowest BCUT2D eigenvalue weighted by Crippen LogP contribution is -2.32. The minimum Gasteiger partial charge on any atom is -0.439 e. The molecule has 1 aliphatic rings. The second-order valence-corrected chi connectivity index (χ2v) is 4.15. The first-order valence-corrected chi connectivity index (χ1v) is 5.20. The molecule has 1 fully saturated rings. The molecule has 0 spiro atoms. The van der Waals surface area contributed by atoms with E-state index in [1.807, 2.05) is 30.3 Å². The summed E-state index contributed by atoms with van der Waals surface area (Å²) in [4.78, 5) is 11.2. The molecule has 1 heterocycles. The molecule has 80 valence electrons. The van der Waals surface area contributed by atoms with Crippen LogP contribution in [0.15, 0.2) is 30.3 Å². The third-order valence-electron chi connectivity index (χ3n) is 2.69. The number of carbonyl (C=O) groups is 1. The van der Waals surface area contributed by atoms with E-state index in [2.05, 4.69) is 19.2 Å². The number of nitrogens with one attached hydrogen (secondary N) is 1. The predicted molar refractivity (Wildman–Crippen MR) is 57.4 cm³/mol. The number of carbonyl (C=O) groups excluding carboxylic acids is 1. The molecule has 0 aromatic heterocycles. The Kier molecular flexibility index (Phi) is 2.62. The molecule has 0 radical (unpaired) electrons. The molecular weight excluding hydrogens is 190 g/mol. The van der Waals surface area contributed by atoms with Gasteiger partial charge in [-0.15, -0.1) is 0 Å². The van der Waals surface area contributed by atoms with Gasteiger partial charge in [0.1, 0.15) is 6.10 Å². The summed E-state index contributed by atoms with van der Waals surface area (Å²) in [6.07, 6.45) is -0.471. The first-order chi connectivity index (χ1) is 7.18. The van der Waals surface area contributed by atoms with Gasteiger partial charge in [-0.2, -0.15) is 0 Å². The monoisotopic (exact) mass is 205 g/mol.